The fourth-order valence-electron chi connectivity index (χ4n) is 2.75. The molecule has 6 heteroatoms. The molecule has 1 aromatic carbocycles. The first-order valence-electron chi connectivity index (χ1n) is 8.11. The summed E-state index contributed by atoms with van der Waals surface area (Å²) in [4.78, 5) is 26.0. The van der Waals surface area contributed by atoms with Crippen molar-refractivity contribution in [2.75, 3.05) is 18.1 Å². The van der Waals surface area contributed by atoms with Crippen LogP contribution in [0.3, 0.4) is 0 Å². The summed E-state index contributed by atoms with van der Waals surface area (Å²) >= 11 is 0. The average molecular weight is 327 g/mol. The quantitative estimate of drug-likeness (QED) is 0.792. The van der Waals surface area contributed by atoms with Gasteiger partial charge in [-0.2, -0.15) is 5.10 Å². The van der Waals surface area contributed by atoms with Gasteiger partial charge in [0.25, 0.3) is 0 Å². The number of esters is 1. The van der Waals surface area contributed by atoms with Crippen LogP contribution < -0.4 is 4.90 Å². The summed E-state index contributed by atoms with van der Waals surface area (Å²) in [5, 5.41) is 4.13. The highest BCUT2D eigenvalue weighted by atomic mass is 16.5. The van der Waals surface area contributed by atoms with Crippen LogP contribution in [0.15, 0.2) is 42.7 Å². The molecule has 1 amide bonds. The van der Waals surface area contributed by atoms with E-state index < -0.39 is 5.97 Å². The van der Waals surface area contributed by atoms with Gasteiger partial charge in [0.15, 0.2) is 0 Å². The first kappa shape index (κ1) is 16.2. The Hall–Kier alpha value is -2.63. The van der Waals surface area contributed by atoms with Crippen molar-refractivity contribution in [1.82, 2.24) is 9.78 Å². The number of amides is 1. The van der Waals surface area contributed by atoms with Gasteiger partial charge in [0.1, 0.15) is 0 Å². The maximum atomic E-state index is 12.2. The Balaban J connectivity index is 1.55. The highest BCUT2D eigenvalue weighted by Crippen LogP contribution is 2.25. The molecule has 24 heavy (non-hydrogen) atoms. The van der Waals surface area contributed by atoms with E-state index >= 15 is 0 Å². The maximum absolute atomic E-state index is 12.2. The van der Waals surface area contributed by atoms with E-state index in [4.69, 9.17) is 4.74 Å². The lowest BCUT2D eigenvalue weighted by atomic mass is 10.1. The number of nitrogens with zero attached hydrogens (tertiary/aromatic N) is 3. The van der Waals surface area contributed by atoms with Crippen molar-refractivity contribution in [2.45, 2.75) is 26.3 Å². The van der Waals surface area contributed by atoms with E-state index in [9.17, 15) is 9.59 Å². The van der Waals surface area contributed by atoms with Gasteiger partial charge in [-0.1, -0.05) is 18.2 Å². The summed E-state index contributed by atoms with van der Waals surface area (Å²) in [6, 6.07) is 9.74. The molecular formula is C18H21N3O3. The number of carbonyl (C=O) groups is 2. The second-order valence-corrected chi connectivity index (χ2v) is 6.31. The van der Waals surface area contributed by atoms with Crippen molar-refractivity contribution in [2.24, 2.45) is 5.92 Å². The molecule has 0 N–H and O–H groups in total. The van der Waals surface area contributed by atoms with Gasteiger partial charge in [-0.3, -0.25) is 9.48 Å². The summed E-state index contributed by atoms with van der Waals surface area (Å²) < 4.78 is 7.08. The fraction of sp³-hybridized carbons (Fsp3) is 0.389. The van der Waals surface area contributed by atoms with Gasteiger partial charge in [-0.25, -0.2) is 4.79 Å². The van der Waals surface area contributed by atoms with E-state index in [1.165, 1.54) is 6.20 Å². The lowest BCUT2D eigenvalue weighted by Crippen LogP contribution is -2.25. The minimum Gasteiger partial charge on any atom is -0.462 e. The van der Waals surface area contributed by atoms with Gasteiger partial charge in [0.2, 0.25) is 5.91 Å². The first-order valence-corrected chi connectivity index (χ1v) is 8.11. The number of carbonyl (C=O) groups excluding carboxylic acids is 2. The molecule has 2 aromatic rings. The molecular weight excluding hydrogens is 306 g/mol. The molecule has 1 atom stereocenters. The molecule has 2 heterocycles. The third-order valence-corrected chi connectivity index (χ3v) is 4.09. The Bertz CT molecular complexity index is 724. The molecule has 0 bridgehead atoms. The molecule has 1 fully saturated rings. The van der Waals surface area contributed by atoms with Crippen LogP contribution in [0.5, 0.6) is 0 Å². The lowest BCUT2D eigenvalue weighted by Gasteiger charge is -2.16. The van der Waals surface area contributed by atoms with E-state index in [0.717, 1.165) is 5.69 Å². The van der Waals surface area contributed by atoms with Crippen molar-refractivity contribution in [3.8, 4) is 0 Å². The largest absolute Gasteiger partial charge is 0.462 e. The normalized spacial score (nSPS) is 17.5. The molecule has 1 aliphatic rings. The lowest BCUT2D eigenvalue weighted by molar-refractivity contribution is -0.117. The number of anilines is 1. The molecule has 1 aliphatic heterocycles. The molecule has 0 saturated carbocycles. The van der Waals surface area contributed by atoms with Crippen molar-refractivity contribution in [3.63, 3.8) is 0 Å². The van der Waals surface area contributed by atoms with Crippen LogP contribution in [0.2, 0.25) is 0 Å². The summed E-state index contributed by atoms with van der Waals surface area (Å²) in [6.07, 6.45) is 3.59. The van der Waals surface area contributed by atoms with Crippen LogP contribution in [0.25, 0.3) is 0 Å². The molecule has 1 aromatic heterocycles. The molecule has 0 aliphatic carbocycles. The van der Waals surface area contributed by atoms with E-state index in [2.05, 4.69) is 5.10 Å². The predicted molar refractivity (Wildman–Crippen MR) is 89.8 cm³/mol. The third kappa shape index (κ3) is 3.48. The third-order valence-electron chi connectivity index (χ3n) is 4.09. The number of rotatable bonds is 5. The Kier molecular flexibility index (Phi) is 4.64. The van der Waals surface area contributed by atoms with E-state index in [1.54, 1.807) is 15.8 Å². The monoisotopic (exact) mass is 327 g/mol. The SMILES string of the molecule is CC(C)n1cc(C(=O)OC[C@H]2CC(=O)N(c3ccccc3)C2)cn1. The molecule has 3 rings (SSSR count). The van der Waals surface area contributed by atoms with Crippen molar-refractivity contribution in [3.05, 3.63) is 48.3 Å². The van der Waals surface area contributed by atoms with Crippen molar-refractivity contribution < 1.29 is 14.3 Å². The minimum atomic E-state index is -0.396. The van der Waals surface area contributed by atoms with Crippen LogP contribution >= 0.6 is 0 Å². The summed E-state index contributed by atoms with van der Waals surface area (Å²) in [6.45, 7) is 4.79. The van der Waals surface area contributed by atoms with Crippen LogP contribution in [0.1, 0.15) is 36.7 Å². The highest BCUT2D eigenvalue weighted by Gasteiger charge is 2.31. The summed E-state index contributed by atoms with van der Waals surface area (Å²) in [5.41, 5.74) is 1.32. The number of aromatic nitrogens is 2. The van der Waals surface area contributed by atoms with Crippen LogP contribution in [0, 0.1) is 5.92 Å². The fourth-order valence-corrected chi connectivity index (χ4v) is 2.75. The Labute approximate surface area is 141 Å². The summed E-state index contributed by atoms with van der Waals surface area (Å²) in [7, 11) is 0. The van der Waals surface area contributed by atoms with Gasteiger partial charge in [0.05, 0.1) is 18.4 Å². The molecule has 126 valence electrons. The zero-order chi connectivity index (χ0) is 17.1. The molecule has 1 saturated heterocycles. The standard InChI is InChI=1S/C18H21N3O3/c1-13(2)21-11-15(9-19-21)18(23)24-12-14-8-17(22)20(10-14)16-6-4-3-5-7-16/h3-7,9,11,13-14H,8,10,12H2,1-2H3/t14-/m0/s1. The Morgan fingerprint density at radius 2 is 2.08 bits per heavy atom. The second-order valence-electron chi connectivity index (χ2n) is 6.31. The number of benzene rings is 1. The van der Waals surface area contributed by atoms with Gasteiger partial charge in [-0.05, 0) is 26.0 Å². The molecule has 0 unspecified atom stereocenters. The zero-order valence-corrected chi connectivity index (χ0v) is 13.9. The van der Waals surface area contributed by atoms with Crippen LogP contribution in [-0.4, -0.2) is 34.8 Å². The van der Waals surface area contributed by atoms with Gasteiger partial charge < -0.3 is 9.64 Å². The maximum Gasteiger partial charge on any atom is 0.341 e. The smallest absolute Gasteiger partial charge is 0.341 e. The van der Waals surface area contributed by atoms with Gasteiger partial charge >= 0.3 is 5.97 Å². The average Bonchev–Trinajstić information content (AvgIpc) is 3.20. The van der Waals surface area contributed by atoms with E-state index in [-0.39, 0.29) is 24.5 Å². The second kappa shape index (κ2) is 6.86. The van der Waals surface area contributed by atoms with Crippen molar-refractivity contribution >= 4 is 17.6 Å². The number of ether oxygens (including phenoxy) is 1. The zero-order valence-electron chi connectivity index (χ0n) is 13.9. The Morgan fingerprint density at radius 1 is 1.33 bits per heavy atom. The van der Waals surface area contributed by atoms with Gasteiger partial charge in [0, 0.05) is 36.8 Å². The van der Waals surface area contributed by atoms with Gasteiger partial charge in [-0.15, -0.1) is 0 Å². The number of hydrogen-bond donors (Lipinski definition) is 0. The first-order chi connectivity index (χ1) is 11.5. The van der Waals surface area contributed by atoms with Crippen LogP contribution in [0.4, 0.5) is 5.69 Å². The molecule has 0 radical (unpaired) electrons. The summed E-state index contributed by atoms with van der Waals surface area (Å²) in [5.74, 6) is -0.316. The Morgan fingerprint density at radius 3 is 2.75 bits per heavy atom. The van der Waals surface area contributed by atoms with E-state index in [0.29, 0.717) is 18.5 Å². The molecule has 6 nitrogen and oxygen atoms in total. The number of hydrogen-bond acceptors (Lipinski definition) is 4. The molecule has 0 spiro atoms. The highest BCUT2D eigenvalue weighted by molar-refractivity contribution is 5.95. The topological polar surface area (TPSA) is 64.4 Å². The number of para-hydroxylation sites is 1. The van der Waals surface area contributed by atoms with Crippen molar-refractivity contribution in [1.29, 1.82) is 0 Å². The van der Waals surface area contributed by atoms with Crippen LogP contribution in [-0.2, 0) is 9.53 Å². The minimum absolute atomic E-state index is 0.0156. The predicted octanol–water partition coefficient (Wildman–Crippen LogP) is 2.67. The van der Waals surface area contributed by atoms with E-state index in [1.807, 2.05) is 44.2 Å².